The summed E-state index contributed by atoms with van der Waals surface area (Å²) < 4.78 is 5.48. The number of hydrogen-bond acceptors (Lipinski definition) is 4. The van der Waals surface area contributed by atoms with Crippen molar-refractivity contribution in [1.29, 1.82) is 0 Å². The molecule has 1 amide bonds. The molecule has 0 saturated heterocycles. The van der Waals surface area contributed by atoms with Gasteiger partial charge in [-0.1, -0.05) is 30.3 Å². The number of ether oxygens (including phenoxy) is 1. The molecule has 3 rings (SSSR count). The maximum absolute atomic E-state index is 12.1. The number of nitrogens with one attached hydrogen (secondary N) is 1. The second-order valence-electron chi connectivity index (χ2n) is 5.02. The summed E-state index contributed by atoms with van der Waals surface area (Å²) in [5.41, 5.74) is 4.95. The Morgan fingerprint density at radius 1 is 1.23 bits per heavy atom. The zero-order valence-corrected chi connectivity index (χ0v) is 12.0. The predicted molar refractivity (Wildman–Crippen MR) is 79.2 cm³/mol. The highest BCUT2D eigenvalue weighted by Crippen LogP contribution is 2.30. The van der Waals surface area contributed by atoms with Crippen molar-refractivity contribution >= 4 is 11.9 Å². The van der Waals surface area contributed by atoms with Crippen LogP contribution in [0.3, 0.4) is 0 Å². The van der Waals surface area contributed by atoms with Crippen LogP contribution in [0.5, 0.6) is 0 Å². The molecule has 1 atom stereocenters. The molecule has 1 heterocycles. The zero-order valence-electron chi connectivity index (χ0n) is 12.0. The normalized spacial score (nSPS) is 16.6. The number of rotatable bonds is 3. The van der Waals surface area contributed by atoms with Crippen molar-refractivity contribution in [2.45, 2.75) is 12.5 Å². The summed E-state index contributed by atoms with van der Waals surface area (Å²) in [5, 5.41) is 0. The van der Waals surface area contributed by atoms with Crippen LogP contribution >= 0.6 is 0 Å². The highest BCUT2D eigenvalue weighted by atomic mass is 16.6. The van der Waals surface area contributed by atoms with Crippen LogP contribution < -0.4 is 5.48 Å². The lowest BCUT2D eigenvalue weighted by Crippen LogP contribution is -2.25. The molecule has 112 valence electrons. The van der Waals surface area contributed by atoms with Crippen LogP contribution in [0.1, 0.15) is 37.9 Å². The van der Waals surface area contributed by atoms with Gasteiger partial charge in [-0.15, -0.1) is 0 Å². The zero-order chi connectivity index (χ0) is 15.5. The first-order valence-corrected chi connectivity index (χ1v) is 6.91. The van der Waals surface area contributed by atoms with Gasteiger partial charge in [0.15, 0.2) is 0 Å². The number of benzene rings is 2. The van der Waals surface area contributed by atoms with Gasteiger partial charge in [-0.25, -0.2) is 10.3 Å². The first-order valence-electron chi connectivity index (χ1n) is 6.91. The number of hydrogen-bond donors (Lipinski definition) is 1. The topological polar surface area (TPSA) is 64.6 Å². The highest BCUT2D eigenvalue weighted by molar-refractivity contribution is 5.97. The third kappa shape index (κ3) is 2.71. The van der Waals surface area contributed by atoms with Gasteiger partial charge in [-0.3, -0.25) is 9.63 Å². The van der Waals surface area contributed by atoms with Crippen molar-refractivity contribution < 1.29 is 19.2 Å². The fourth-order valence-electron chi connectivity index (χ4n) is 2.54. The number of fused-ring (bicyclic) bond motifs is 1. The van der Waals surface area contributed by atoms with Crippen molar-refractivity contribution in [1.82, 2.24) is 5.48 Å². The summed E-state index contributed by atoms with van der Waals surface area (Å²) in [6, 6.07) is 14.5. The molecule has 1 aliphatic rings. The first kappa shape index (κ1) is 14.3. The van der Waals surface area contributed by atoms with Crippen LogP contribution in [0.25, 0.3) is 0 Å². The molecule has 0 unspecified atom stereocenters. The highest BCUT2D eigenvalue weighted by Gasteiger charge is 2.28. The first-order chi connectivity index (χ1) is 10.7. The van der Waals surface area contributed by atoms with Gasteiger partial charge in [0.2, 0.25) is 0 Å². The molecule has 0 aliphatic carbocycles. The van der Waals surface area contributed by atoms with Crippen molar-refractivity contribution in [3.63, 3.8) is 0 Å². The van der Waals surface area contributed by atoms with Crippen LogP contribution in [-0.2, 0) is 16.0 Å². The van der Waals surface area contributed by atoms with Crippen molar-refractivity contribution in [2.75, 3.05) is 7.11 Å². The van der Waals surface area contributed by atoms with E-state index in [4.69, 9.17) is 4.74 Å². The van der Waals surface area contributed by atoms with Crippen LogP contribution in [0.2, 0.25) is 0 Å². The number of cyclic esters (lactones) is 1. The van der Waals surface area contributed by atoms with Crippen LogP contribution in [0, 0.1) is 0 Å². The number of carbonyl (C=O) groups excluding carboxylic acids is 2. The molecule has 5 heteroatoms. The molecule has 0 bridgehead atoms. The largest absolute Gasteiger partial charge is 0.454 e. The number of carbonyl (C=O) groups is 2. The molecule has 0 aromatic heterocycles. The number of esters is 1. The summed E-state index contributed by atoms with van der Waals surface area (Å²) in [5.74, 6) is -0.714. The SMILES string of the molecule is CONC(=O)c1ccc2c(c1)C[C@@H](c1ccccc1)OC2=O. The maximum Gasteiger partial charge on any atom is 0.339 e. The average molecular weight is 297 g/mol. The van der Waals surface area contributed by atoms with E-state index in [0.717, 1.165) is 11.1 Å². The lowest BCUT2D eigenvalue weighted by Gasteiger charge is -2.25. The van der Waals surface area contributed by atoms with Crippen molar-refractivity contribution in [3.8, 4) is 0 Å². The van der Waals surface area contributed by atoms with Crippen molar-refractivity contribution in [2.24, 2.45) is 0 Å². The fraction of sp³-hybridized carbons (Fsp3) is 0.176. The molecule has 0 spiro atoms. The third-order valence-electron chi connectivity index (χ3n) is 3.61. The maximum atomic E-state index is 12.1. The fourth-order valence-corrected chi connectivity index (χ4v) is 2.54. The van der Waals surface area contributed by atoms with Gasteiger partial charge in [-0.05, 0) is 29.3 Å². The Kier molecular flexibility index (Phi) is 3.89. The van der Waals surface area contributed by atoms with E-state index in [1.165, 1.54) is 7.11 Å². The second kappa shape index (κ2) is 5.99. The van der Waals surface area contributed by atoms with Gasteiger partial charge in [0.05, 0.1) is 12.7 Å². The Hall–Kier alpha value is -2.66. The lowest BCUT2D eigenvalue weighted by atomic mass is 9.93. The second-order valence-corrected chi connectivity index (χ2v) is 5.02. The molecule has 2 aromatic carbocycles. The number of amides is 1. The number of hydroxylamine groups is 1. The van der Waals surface area contributed by atoms with Gasteiger partial charge in [0, 0.05) is 12.0 Å². The summed E-state index contributed by atoms with van der Waals surface area (Å²) in [6.07, 6.45) is 0.209. The molecule has 0 fully saturated rings. The Bertz CT molecular complexity index is 712. The van der Waals surface area contributed by atoms with Crippen LogP contribution in [0.4, 0.5) is 0 Å². The van der Waals surface area contributed by atoms with E-state index in [-0.39, 0.29) is 18.0 Å². The minimum atomic E-state index is -0.367. The Labute approximate surface area is 127 Å². The summed E-state index contributed by atoms with van der Waals surface area (Å²) >= 11 is 0. The Balaban J connectivity index is 1.92. The molecule has 2 aromatic rings. The molecule has 5 nitrogen and oxygen atoms in total. The standard InChI is InChI=1S/C17H15NO4/c1-21-18-16(19)12-7-8-14-13(9-12)10-15(22-17(14)20)11-5-3-2-4-6-11/h2-9,15H,10H2,1H3,(H,18,19)/t15-/m0/s1. The molecular weight excluding hydrogens is 282 g/mol. The molecular formula is C17H15NO4. The van der Waals surface area contributed by atoms with Gasteiger partial charge in [-0.2, -0.15) is 0 Å². The lowest BCUT2D eigenvalue weighted by molar-refractivity contribution is 0.0252. The molecule has 1 N–H and O–H groups in total. The average Bonchev–Trinajstić information content (AvgIpc) is 2.55. The molecule has 0 radical (unpaired) electrons. The van der Waals surface area contributed by atoms with Gasteiger partial charge in [0.1, 0.15) is 6.10 Å². The quantitative estimate of drug-likeness (QED) is 0.698. The van der Waals surface area contributed by atoms with E-state index >= 15 is 0 Å². The van der Waals surface area contributed by atoms with Gasteiger partial charge < -0.3 is 4.74 Å². The minimum Gasteiger partial charge on any atom is -0.454 e. The molecule has 22 heavy (non-hydrogen) atoms. The van der Waals surface area contributed by atoms with Gasteiger partial charge >= 0.3 is 5.97 Å². The summed E-state index contributed by atoms with van der Waals surface area (Å²) in [7, 11) is 1.37. The predicted octanol–water partition coefficient (Wildman–Crippen LogP) is 2.43. The van der Waals surface area contributed by atoms with E-state index in [1.807, 2.05) is 30.3 Å². The minimum absolute atomic E-state index is 0.332. The molecule has 0 saturated carbocycles. The van der Waals surface area contributed by atoms with Crippen LogP contribution in [-0.4, -0.2) is 19.0 Å². The van der Waals surface area contributed by atoms with E-state index in [2.05, 4.69) is 10.3 Å². The molecule has 1 aliphatic heterocycles. The van der Waals surface area contributed by atoms with E-state index in [1.54, 1.807) is 18.2 Å². The summed E-state index contributed by atoms with van der Waals surface area (Å²) in [4.78, 5) is 28.6. The summed E-state index contributed by atoms with van der Waals surface area (Å²) in [6.45, 7) is 0. The van der Waals surface area contributed by atoms with Gasteiger partial charge in [0.25, 0.3) is 5.91 Å². The smallest absolute Gasteiger partial charge is 0.339 e. The Morgan fingerprint density at radius 3 is 2.73 bits per heavy atom. The van der Waals surface area contributed by atoms with E-state index in [9.17, 15) is 9.59 Å². The van der Waals surface area contributed by atoms with Crippen LogP contribution in [0.15, 0.2) is 48.5 Å². The van der Waals surface area contributed by atoms with E-state index in [0.29, 0.717) is 17.5 Å². The monoisotopic (exact) mass is 297 g/mol. The van der Waals surface area contributed by atoms with E-state index < -0.39 is 0 Å². The third-order valence-corrected chi connectivity index (χ3v) is 3.61. The Morgan fingerprint density at radius 2 is 2.00 bits per heavy atom. The van der Waals surface area contributed by atoms with Crippen molar-refractivity contribution in [3.05, 3.63) is 70.8 Å².